The van der Waals surface area contributed by atoms with Gasteiger partial charge in [-0.25, -0.2) is 9.59 Å². The molecule has 4 aromatic rings. The maximum absolute atomic E-state index is 13.1. The van der Waals surface area contributed by atoms with E-state index < -0.39 is 17.4 Å². The lowest BCUT2D eigenvalue weighted by molar-refractivity contribution is 0.0526. The molecule has 0 atom stereocenters. The molecule has 190 valence electrons. The molecule has 9 nitrogen and oxygen atoms in total. The van der Waals surface area contributed by atoms with Crippen LogP contribution in [0.4, 0.5) is 0 Å². The maximum Gasteiger partial charge on any atom is 0.343 e. The fraction of sp³-hybridized carbons (Fsp3) is 0.179. The van der Waals surface area contributed by atoms with E-state index >= 15 is 0 Å². The van der Waals surface area contributed by atoms with Crippen LogP contribution in [0.3, 0.4) is 0 Å². The molecule has 0 fully saturated rings. The van der Waals surface area contributed by atoms with Crippen LogP contribution in [0.25, 0.3) is 11.0 Å². The van der Waals surface area contributed by atoms with Crippen LogP contribution in [0, 0.1) is 6.92 Å². The number of benzene rings is 3. The third kappa shape index (κ3) is 5.56. The van der Waals surface area contributed by atoms with Crippen molar-refractivity contribution in [2.24, 2.45) is 0 Å². The zero-order valence-electron chi connectivity index (χ0n) is 20.7. The van der Waals surface area contributed by atoms with E-state index in [1.165, 1.54) is 44.6 Å². The molecule has 0 amide bonds. The number of carbonyl (C=O) groups is 2. The van der Waals surface area contributed by atoms with Crippen molar-refractivity contribution in [3.63, 3.8) is 0 Å². The van der Waals surface area contributed by atoms with Crippen molar-refractivity contribution >= 4 is 22.9 Å². The highest BCUT2D eigenvalue weighted by Crippen LogP contribution is 2.29. The van der Waals surface area contributed by atoms with Gasteiger partial charge < -0.3 is 28.1 Å². The van der Waals surface area contributed by atoms with Gasteiger partial charge in [0, 0.05) is 12.1 Å². The average Bonchev–Trinajstić information content (AvgIpc) is 2.91. The lowest BCUT2D eigenvalue weighted by atomic mass is 10.2. The van der Waals surface area contributed by atoms with Crippen molar-refractivity contribution in [3.05, 3.63) is 87.8 Å². The van der Waals surface area contributed by atoms with E-state index in [4.69, 9.17) is 28.1 Å². The summed E-state index contributed by atoms with van der Waals surface area (Å²) in [6.07, 6.45) is 0. The Bertz CT molecular complexity index is 1500. The number of hydrogen-bond donors (Lipinski definition) is 0. The largest absolute Gasteiger partial charge is 0.497 e. The van der Waals surface area contributed by atoms with Gasteiger partial charge in [0.25, 0.3) is 0 Å². The number of esters is 2. The number of methoxy groups -OCH3 is 2. The molecule has 3 aromatic carbocycles. The first kappa shape index (κ1) is 25.3. The Kier molecular flexibility index (Phi) is 7.43. The minimum absolute atomic E-state index is 0.00426. The number of carbonyl (C=O) groups excluding carboxylic acids is 2. The summed E-state index contributed by atoms with van der Waals surface area (Å²) in [5.41, 5.74) is 0.419. The molecule has 0 aliphatic rings. The summed E-state index contributed by atoms with van der Waals surface area (Å²) in [6, 6.07) is 15.3. The highest BCUT2D eigenvalue weighted by Gasteiger charge is 2.17. The summed E-state index contributed by atoms with van der Waals surface area (Å²) in [4.78, 5) is 37.7. The van der Waals surface area contributed by atoms with Gasteiger partial charge in [0.05, 0.1) is 37.3 Å². The molecule has 0 aliphatic carbocycles. The van der Waals surface area contributed by atoms with Crippen molar-refractivity contribution in [2.45, 2.75) is 13.8 Å². The molecule has 0 unspecified atom stereocenters. The van der Waals surface area contributed by atoms with E-state index in [0.29, 0.717) is 22.8 Å². The van der Waals surface area contributed by atoms with Crippen LogP contribution >= 0.6 is 0 Å². The summed E-state index contributed by atoms with van der Waals surface area (Å²) in [5.74, 6) is 0.563. The molecule has 0 N–H and O–H groups in total. The van der Waals surface area contributed by atoms with Gasteiger partial charge in [-0.3, -0.25) is 4.79 Å². The lowest BCUT2D eigenvalue weighted by Gasteiger charge is -2.11. The molecule has 0 saturated carbocycles. The van der Waals surface area contributed by atoms with Crippen LogP contribution in [-0.2, 0) is 4.74 Å². The van der Waals surface area contributed by atoms with E-state index in [-0.39, 0.29) is 40.4 Å². The quantitative estimate of drug-likeness (QED) is 0.233. The summed E-state index contributed by atoms with van der Waals surface area (Å²) >= 11 is 0. The van der Waals surface area contributed by atoms with Gasteiger partial charge in [0.2, 0.25) is 11.2 Å². The van der Waals surface area contributed by atoms with E-state index in [1.54, 1.807) is 44.2 Å². The van der Waals surface area contributed by atoms with Gasteiger partial charge in [-0.15, -0.1) is 0 Å². The fourth-order valence-electron chi connectivity index (χ4n) is 3.53. The van der Waals surface area contributed by atoms with Crippen molar-refractivity contribution in [3.8, 4) is 28.7 Å². The summed E-state index contributed by atoms with van der Waals surface area (Å²) < 4.78 is 32.4. The summed E-state index contributed by atoms with van der Waals surface area (Å²) in [5, 5.41) is 0.242. The summed E-state index contributed by atoms with van der Waals surface area (Å²) in [6.45, 7) is 3.58. The van der Waals surface area contributed by atoms with E-state index in [9.17, 15) is 14.4 Å². The molecule has 4 rings (SSSR count). The second-order valence-corrected chi connectivity index (χ2v) is 7.81. The van der Waals surface area contributed by atoms with Gasteiger partial charge in [-0.05, 0) is 62.4 Å². The van der Waals surface area contributed by atoms with E-state index in [2.05, 4.69) is 0 Å². The Labute approximate surface area is 212 Å². The first-order valence-corrected chi connectivity index (χ1v) is 11.3. The normalized spacial score (nSPS) is 10.6. The van der Waals surface area contributed by atoms with Gasteiger partial charge in [0.15, 0.2) is 0 Å². The van der Waals surface area contributed by atoms with Crippen LogP contribution in [0.15, 0.2) is 69.9 Å². The molecule has 0 saturated heterocycles. The predicted molar refractivity (Wildman–Crippen MR) is 134 cm³/mol. The fourth-order valence-corrected chi connectivity index (χ4v) is 3.53. The van der Waals surface area contributed by atoms with Crippen LogP contribution in [0.5, 0.6) is 28.7 Å². The molecule has 1 heterocycles. The predicted octanol–water partition coefficient (Wildman–Crippen LogP) is 5.31. The molecule has 1 aromatic heterocycles. The Morgan fingerprint density at radius 2 is 1.43 bits per heavy atom. The van der Waals surface area contributed by atoms with Crippen LogP contribution in [0.2, 0.25) is 0 Å². The second-order valence-electron chi connectivity index (χ2n) is 7.81. The van der Waals surface area contributed by atoms with Crippen molar-refractivity contribution in [2.75, 3.05) is 20.8 Å². The molecule has 0 spiro atoms. The highest BCUT2D eigenvalue weighted by molar-refractivity contribution is 5.92. The van der Waals surface area contributed by atoms with Crippen molar-refractivity contribution in [1.29, 1.82) is 0 Å². The van der Waals surface area contributed by atoms with Gasteiger partial charge >= 0.3 is 11.9 Å². The zero-order valence-corrected chi connectivity index (χ0v) is 20.7. The third-order valence-corrected chi connectivity index (χ3v) is 5.37. The molecule has 0 bridgehead atoms. The van der Waals surface area contributed by atoms with Gasteiger partial charge in [0.1, 0.15) is 34.3 Å². The molecular weight excluding hydrogens is 480 g/mol. The third-order valence-electron chi connectivity index (χ3n) is 5.37. The lowest BCUT2D eigenvalue weighted by Crippen LogP contribution is -2.10. The number of ether oxygens (including phenoxy) is 5. The number of rotatable bonds is 8. The Hall–Kier alpha value is -4.79. The zero-order chi connectivity index (χ0) is 26.5. The van der Waals surface area contributed by atoms with Crippen molar-refractivity contribution in [1.82, 2.24) is 0 Å². The van der Waals surface area contributed by atoms with Crippen LogP contribution < -0.4 is 24.4 Å². The SMILES string of the molecule is CCOC(=O)c1ccc(Oc2c(C)oc3cc(OC(=O)c4cc(OC)cc(OC)c4)ccc3c2=O)cc1. The highest BCUT2D eigenvalue weighted by atomic mass is 16.5. The van der Waals surface area contributed by atoms with Crippen molar-refractivity contribution < 1.29 is 37.7 Å². The minimum Gasteiger partial charge on any atom is -0.497 e. The average molecular weight is 504 g/mol. The van der Waals surface area contributed by atoms with Crippen LogP contribution in [0.1, 0.15) is 33.4 Å². The van der Waals surface area contributed by atoms with Gasteiger partial charge in [-0.1, -0.05) is 0 Å². The molecule has 9 heteroatoms. The number of aryl methyl sites for hydroxylation is 1. The number of hydrogen-bond acceptors (Lipinski definition) is 9. The molecule has 0 radical (unpaired) electrons. The number of fused-ring (bicyclic) bond motifs is 1. The molecular formula is C28H24O9. The molecule has 0 aliphatic heterocycles. The Morgan fingerprint density at radius 1 is 0.784 bits per heavy atom. The minimum atomic E-state index is -0.637. The monoisotopic (exact) mass is 504 g/mol. The first-order chi connectivity index (χ1) is 17.8. The first-order valence-electron chi connectivity index (χ1n) is 11.3. The topological polar surface area (TPSA) is 110 Å². The summed E-state index contributed by atoms with van der Waals surface area (Å²) in [7, 11) is 2.96. The van der Waals surface area contributed by atoms with Crippen LogP contribution in [-0.4, -0.2) is 32.8 Å². The standard InChI is InChI=1S/C28H24O9/c1-5-34-27(30)17-6-8-19(9-7-17)36-26-16(2)35-24-15-20(10-11-23(24)25(26)29)37-28(31)18-12-21(32-3)14-22(13-18)33-4/h6-15H,5H2,1-4H3. The van der Waals surface area contributed by atoms with Gasteiger partial charge in [-0.2, -0.15) is 0 Å². The maximum atomic E-state index is 13.1. The second kappa shape index (κ2) is 10.9. The van der Waals surface area contributed by atoms with E-state index in [1.807, 2.05) is 0 Å². The Morgan fingerprint density at radius 3 is 2.05 bits per heavy atom. The smallest absolute Gasteiger partial charge is 0.343 e. The molecule has 37 heavy (non-hydrogen) atoms. The Balaban J connectivity index is 1.57. The van der Waals surface area contributed by atoms with E-state index in [0.717, 1.165) is 0 Å².